The number of sulfonamides is 1. The van der Waals surface area contributed by atoms with Gasteiger partial charge in [0, 0.05) is 6.07 Å². The minimum atomic E-state index is -5.09. The van der Waals surface area contributed by atoms with E-state index in [4.69, 9.17) is 28.5 Å². The summed E-state index contributed by atoms with van der Waals surface area (Å²) in [6.07, 6.45) is -5.09. The first kappa shape index (κ1) is 20.1. The summed E-state index contributed by atoms with van der Waals surface area (Å²) in [4.78, 5) is -0.425. The van der Waals surface area contributed by atoms with Gasteiger partial charge in [0.1, 0.15) is 13.6 Å². The van der Waals surface area contributed by atoms with Gasteiger partial charge in [-0.2, -0.15) is 5.26 Å². The highest BCUT2D eigenvalue weighted by molar-refractivity contribution is 9.10. The van der Waals surface area contributed by atoms with Crippen LogP contribution in [0.5, 0.6) is 5.75 Å². The number of nitrogens with one attached hydrogen (secondary N) is 1. The first-order chi connectivity index (χ1) is 11.4. The average Bonchev–Trinajstić information content (AvgIpc) is 2.72. The molecule has 0 amide bonds. The number of hydrogen-bond donors (Lipinski definition) is 1. The zero-order valence-corrected chi connectivity index (χ0v) is 16.2. The van der Waals surface area contributed by atoms with Crippen LogP contribution < -0.4 is 9.46 Å². The molecule has 1 aromatic heterocycles. The molecule has 0 unspecified atom stereocenters. The topological polar surface area (TPSA) is 79.2 Å². The van der Waals surface area contributed by atoms with E-state index in [2.05, 4.69) is 20.7 Å². The van der Waals surface area contributed by atoms with Gasteiger partial charge in [0.2, 0.25) is 0 Å². The van der Waals surface area contributed by atoms with E-state index in [-0.39, 0.29) is 18.7 Å². The van der Waals surface area contributed by atoms with Gasteiger partial charge in [-0.1, -0.05) is 23.2 Å². The summed E-state index contributed by atoms with van der Waals surface area (Å²) in [5, 5.41) is 8.77. The van der Waals surface area contributed by atoms with Gasteiger partial charge in [0.15, 0.2) is 5.75 Å². The predicted octanol–water partition coefficient (Wildman–Crippen LogP) is 5.39. The Balaban J connectivity index is 2.50. The van der Waals surface area contributed by atoms with Gasteiger partial charge in [0.25, 0.3) is 10.0 Å². The van der Waals surface area contributed by atoms with Crippen molar-refractivity contribution in [2.75, 3.05) is 4.72 Å². The van der Waals surface area contributed by atoms with Gasteiger partial charge in [-0.25, -0.2) is 8.42 Å². The van der Waals surface area contributed by atoms with Crippen LogP contribution in [0.15, 0.2) is 27.6 Å². The van der Waals surface area contributed by atoms with Crippen LogP contribution in [0.1, 0.15) is 5.56 Å². The van der Waals surface area contributed by atoms with E-state index in [9.17, 15) is 21.6 Å². The second-order valence-electron chi connectivity index (χ2n) is 4.27. The number of ether oxygens (including phenoxy) is 1. The molecule has 0 spiro atoms. The number of rotatable bonds is 4. The van der Waals surface area contributed by atoms with E-state index in [0.29, 0.717) is 0 Å². The number of nitrogens with zero attached hydrogens (tertiary/aromatic N) is 1. The lowest BCUT2D eigenvalue weighted by Gasteiger charge is -2.15. The number of anilines is 1. The number of benzene rings is 1. The molecule has 13 heteroatoms. The Bertz CT molecular complexity index is 971. The Morgan fingerprint density at radius 3 is 2.40 bits per heavy atom. The Morgan fingerprint density at radius 2 is 1.92 bits per heavy atom. The van der Waals surface area contributed by atoms with Crippen molar-refractivity contribution in [3.05, 3.63) is 36.9 Å². The number of hydrogen-bond acceptors (Lipinski definition) is 5. The van der Waals surface area contributed by atoms with Crippen LogP contribution in [0.2, 0.25) is 8.67 Å². The lowest BCUT2D eigenvalue weighted by atomic mass is 10.2. The Labute approximate surface area is 162 Å². The second-order valence-corrected chi connectivity index (χ2v) is 8.91. The third-order valence-electron chi connectivity index (χ3n) is 2.58. The molecule has 2 rings (SSSR count). The molecule has 0 bridgehead atoms. The van der Waals surface area contributed by atoms with Crippen molar-refractivity contribution in [2.24, 2.45) is 0 Å². The van der Waals surface area contributed by atoms with Gasteiger partial charge in [0.05, 0.1) is 21.8 Å². The van der Waals surface area contributed by atoms with Gasteiger partial charge in [-0.05, 0) is 28.1 Å². The van der Waals surface area contributed by atoms with E-state index in [1.807, 2.05) is 4.72 Å². The van der Waals surface area contributed by atoms with Gasteiger partial charge in [-0.15, -0.1) is 24.5 Å². The molecule has 2 aromatic rings. The molecule has 1 aromatic carbocycles. The Morgan fingerprint density at radius 1 is 1.28 bits per heavy atom. The molecule has 1 heterocycles. The fourth-order valence-corrected chi connectivity index (χ4v) is 6.28. The number of halogens is 6. The fourth-order valence-electron chi connectivity index (χ4n) is 1.65. The van der Waals surface area contributed by atoms with Crippen LogP contribution >= 0.6 is 50.5 Å². The highest BCUT2D eigenvalue weighted by Gasteiger charge is 2.33. The van der Waals surface area contributed by atoms with E-state index < -0.39 is 32.7 Å². The second kappa shape index (κ2) is 7.20. The van der Waals surface area contributed by atoms with Crippen molar-refractivity contribution >= 4 is 66.2 Å². The minimum absolute atomic E-state index is 0.0244. The monoisotopic (exact) mass is 494 g/mol. The molecule has 0 saturated heterocycles. The van der Waals surface area contributed by atoms with Gasteiger partial charge < -0.3 is 4.74 Å². The molecule has 0 aliphatic carbocycles. The molecule has 5 nitrogen and oxygen atoms in total. The Hall–Kier alpha value is -1.19. The van der Waals surface area contributed by atoms with Crippen molar-refractivity contribution in [1.82, 2.24) is 0 Å². The molecule has 0 saturated carbocycles. The number of nitriles is 1. The van der Waals surface area contributed by atoms with Crippen LogP contribution in [0.3, 0.4) is 0 Å². The Kier molecular flexibility index (Phi) is 5.80. The van der Waals surface area contributed by atoms with Crippen LogP contribution in [-0.2, 0) is 10.0 Å². The van der Waals surface area contributed by atoms with Gasteiger partial charge in [-0.3, -0.25) is 4.72 Å². The summed E-state index contributed by atoms with van der Waals surface area (Å²) in [6, 6.07) is 4.47. The van der Waals surface area contributed by atoms with Crippen molar-refractivity contribution in [1.29, 1.82) is 5.26 Å². The molecule has 1 N–H and O–H groups in total. The van der Waals surface area contributed by atoms with Gasteiger partial charge >= 0.3 is 6.36 Å². The highest BCUT2D eigenvalue weighted by atomic mass is 79.9. The standard InChI is InChI=1S/C12H4BrCl2F3N2O3S2/c13-8-9(11(15)24-10(8)14)25(21,22)20-6-2-1-5(4-19)3-7(6)23-12(16,17)18/h1-3,20H. The molecule has 0 fully saturated rings. The normalized spacial score (nSPS) is 11.9. The van der Waals surface area contributed by atoms with Crippen molar-refractivity contribution in [3.8, 4) is 11.8 Å². The zero-order valence-electron chi connectivity index (χ0n) is 11.5. The SMILES string of the molecule is N#Cc1ccc(NS(=O)(=O)c2c(Cl)sc(Cl)c2Br)c(OC(F)(F)F)c1. The van der Waals surface area contributed by atoms with Crippen LogP contribution in [0, 0.1) is 11.3 Å². The third kappa shape index (κ3) is 4.71. The largest absolute Gasteiger partial charge is 0.573 e. The van der Waals surface area contributed by atoms with E-state index in [1.165, 1.54) is 0 Å². The van der Waals surface area contributed by atoms with Crippen molar-refractivity contribution in [2.45, 2.75) is 11.3 Å². The zero-order chi connectivity index (χ0) is 19.0. The molecule has 134 valence electrons. The number of thiophene rings is 1. The van der Waals surface area contributed by atoms with Crippen LogP contribution in [-0.4, -0.2) is 14.8 Å². The van der Waals surface area contributed by atoms with E-state index >= 15 is 0 Å². The first-order valence-electron chi connectivity index (χ1n) is 5.90. The maximum Gasteiger partial charge on any atom is 0.573 e. The molecule has 25 heavy (non-hydrogen) atoms. The smallest absolute Gasteiger partial charge is 0.403 e. The summed E-state index contributed by atoms with van der Waals surface area (Å²) >= 11 is 15.3. The maximum absolute atomic E-state index is 12.5. The fraction of sp³-hybridized carbons (Fsp3) is 0.0833. The maximum atomic E-state index is 12.5. The van der Waals surface area contributed by atoms with E-state index in [1.54, 1.807) is 6.07 Å². The summed E-state index contributed by atoms with van der Waals surface area (Å²) in [6.45, 7) is 0. The molecule has 0 aliphatic rings. The highest BCUT2D eigenvalue weighted by Crippen LogP contribution is 2.44. The van der Waals surface area contributed by atoms with Crippen molar-refractivity contribution in [3.63, 3.8) is 0 Å². The summed E-state index contributed by atoms with van der Waals surface area (Å²) in [7, 11) is -4.38. The van der Waals surface area contributed by atoms with Crippen LogP contribution in [0.25, 0.3) is 0 Å². The third-order valence-corrected chi connectivity index (χ3v) is 7.41. The molecular weight excluding hydrogens is 492 g/mol. The summed E-state index contributed by atoms with van der Waals surface area (Å²) in [5.74, 6) is -0.885. The lowest BCUT2D eigenvalue weighted by Crippen LogP contribution is -2.20. The molecular formula is C12H4BrCl2F3N2O3S2. The lowest BCUT2D eigenvalue weighted by molar-refractivity contribution is -0.274. The average molecular weight is 496 g/mol. The molecule has 0 aliphatic heterocycles. The molecule has 0 atom stereocenters. The summed E-state index contributed by atoms with van der Waals surface area (Å²) in [5.41, 5.74) is -0.679. The predicted molar refractivity (Wildman–Crippen MR) is 90.7 cm³/mol. The quantitative estimate of drug-likeness (QED) is 0.616. The van der Waals surface area contributed by atoms with Crippen LogP contribution in [0.4, 0.5) is 18.9 Å². The van der Waals surface area contributed by atoms with Crippen molar-refractivity contribution < 1.29 is 26.3 Å². The first-order valence-corrected chi connectivity index (χ1v) is 9.75. The minimum Gasteiger partial charge on any atom is -0.403 e. The number of alkyl halides is 3. The van der Waals surface area contributed by atoms with E-state index in [0.717, 1.165) is 29.5 Å². The summed E-state index contributed by atoms with van der Waals surface area (Å²) < 4.78 is 68.0. The molecule has 0 radical (unpaired) electrons.